The number of nitrogens with one attached hydrogen (secondary N) is 2. The highest BCUT2D eigenvalue weighted by atomic mass is 19.4. The Kier molecular flexibility index (Phi) is 4.43. The Morgan fingerprint density at radius 3 is 2.64 bits per heavy atom. The Hall–Kier alpha value is -2.90. The quantitative estimate of drug-likeness (QED) is 0.865. The molecule has 0 spiro atoms. The van der Waals surface area contributed by atoms with E-state index in [1.165, 1.54) is 12.1 Å². The van der Waals surface area contributed by atoms with Gasteiger partial charge < -0.3 is 20.1 Å². The van der Waals surface area contributed by atoms with Crippen LogP contribution in [0.2, 0.25) is 0 Å². The monoisotopic (exact) mass is 352 g/mol. The van der Waals surface area contributed by atoms with Crippen molar-refractivity contribution in [2.45, 2.75) is 19.1 Å². The zero-order valence-electron chi connectivity index (χ0n) is 13.2. The molecule has 1 aliphatic rings. The van der Waals surface area contributed by atoms with Crippen LogP contribution in [0.4, 0.5) is 23.7 Å². The maximum absolute atomic E-state index is 12.7. The molecule has 0 aromatic heterocycles. The van der Waals surface area contributed by atoms with Gasteiger partial charge in [0.05, 0.1) is 11.6 Å². The van der Waals surface area contributed by atoms with Crippen molar-refractivity contribution in [2.24, 2.45) is 0 Å². The minimum absolute atomic E-state index is 0.0604. The van der Waals surface area contributed by atoms with E-state index in [1.54, 1.807) is 25.1 Å². The van der Waals surface area contributed by atoms with Crippen LogP contribution in [0.5, 0.6) is 11.5 Å². The first-order chi connectivity index (χ1) is 11.8. The van der Waals surface area contributed by atoms with E-state index in [2.05, 4.69) is 10.6 Å². The van der Waals surface area contributed by atoms with Crippen LogP contribution in [-0.2, 0) is 6.18 Å². The summed E-state index contributed by atoms with van der Waals surface area (Å²) in [5, 5.41) is 5.07. The second kappa shape index (κ2) is 6.54. The lowest BCUT2D eigenvalue weighted by molar-refractivity contribution is -0.137. The molecule has 3 rings (SSSR count). The number of carbonyl (C=O) groups excluding carboxylic acids is 1. The topological polar surface area (TPSA) is 59.6 Å². The van der Waals surface area contributed by atoms with E-state index in [-0.39, 0.29) is 18.5 Å². The van der Waals surface area contributed by atoms with Crippen molar-refractivity contribution >= 4 is 11.7 Å². The Morgan fingerprint density at radius 2 is 1.88 bits per heavy atom. The molecule has 0 radical (unpaired) electrons. The summed E-state index contributed by atoms with van der Waals surface area (Å²) in [6.07, 6.45) is -4.46. The number of halogens is 3. The molecule has 0 unspecified atom stereocenters. The van der Waals surface area contributed by atoms with Crippen LogP contribution >= 0.6 is 0 Å². The van der Waals surface area contributed by atoms with Gasteiger partial charge in [-0.1, -0.05) is 12.1 Å². The lowest BCUT2D eigenvalue weighted by Crippen LogP contribution is -2.31. The third-order valence-electron chi connectivity index (χ3n) is 3.69. The predicted octanol–water partition coefficient (Wildman–Crippen LogP) is 4.32. The van der Waals surface area contributed by atoms with E-state index in [4.69, 9.17) is 9.47 Å². The molecule has 5 nitrogen and oxygen atoms in total. The predicted molar refractivity (Wildman–Crippen MR) is 84.6 cm³/mol. The van der Waals surface area contributed by atoms with Gasteiger partial charge in [-0.15, -0.1) is 0 Å². The van der Waals surface area contributed by atoms with Gasteiger partial charge in [-0.2, -0.15) is 13.2 Å². The number of alkyl halides is 3. The van der Waals surface area contributed by atoms with Gasteiger partial charge in [0.15, 0.2) is 11.5 Å². The zero-order chi connectivity index (χ0) is 18.0. The largest absolute Gasteiger partial charge is 0.454 e. The Balaban J connectivity index is 1.64. The molecule has 0 aliphatic carbocycles. The summed E-state index contributed by atoms with van der Waals surface area (Å²) in [6.45, 7) is 1.90. The van der Waals surface area contributed by atoms with Crippen molar-refractivity contribution in [3.05, 3.63) is 53.6 Å². The molecule has 2 aromatic carbocycles. The van der Waals surface area contributed by atoms with Crippen LogP contribution in [-0.4, -0.2) is 12.8 Å². The molecule has 132 valence electrons. The number of rotatable bonds is 3. The number of ether oxygens (including phenoxy) is 2. The van der Waals surface area contributed by atoms with Gasteiger partial charge in [0, 0.05) is 5.69 Å². The van der Waals surface area contributed by atoms with Crippen molar-refractivity contribution in [3.63, 3.8) is 0 Å². The van der Waals surface area contributed by atoms with E-state index >= 15 is 0 Å². The number of urea groups is 1. The average Bonchev–Trinajstić information content (AvgIpc) is 3.01. The van der Waals surface area contributed by atoms with Gasteiger partial charge >= 0.3 is 12.2 Å². The SMILES string of the molecule is C[C@@H](NC(=O)Nc1cccc(C(F)(F)F)c1)c1ccc2c(c1)OCO2. The van der Waals surface area contributed by atoms with Gasteiger partial charge in [0.25, 0.3) is 0 Å². The van der Waals surface area contributed by atoms with Gasteiger partial charge in [-0.3, -0.25) is 0 Å². The fourth-order valence-corrected chi connectivity index (χ4v) is 2.40. The van der Waals surface area contributed by atoms with E-state index in [0.717, 1.165) is 17.7 Å². The number of benzene rings is 2. The summed E-state index contributed by atoms with van der Waals surface area (Å²) in [5.41, 5.74) is 0.0165. The van der Waals surface area contributed by atoms with E-state index in [1.807, 2.05) is 0 Å². The molecule has 2 N–H and O–H groups in total. The summed E-state index contributed by atoms with van der Waals surface area (Å²) in [7, 11) is 0. The van der Waals surface area contributed by atoms with E-state index in [0.29, 0.717) is 11.5 Å². The number of carbonyl (C=O) groups is 1. The highest BCUT2D eigenvalue weighted by Crippen LogP contribution is 2.34. The van der Waals surface area contributed by atoms with E-state index < -0.39 is 17.8 Å². The molecule has 0 saturated heterocycles. The number of hydrogen-bond acceptors (Lipinski definition) is 3. The smallest absolute Gasteiger partial charge is 0.416 e. The van der Waals surface area contributed by atoms with Crippen LogP contribution < -0.4 is 20.1 Å². The fourth-order valence-electron chi connectivity index (χ4n) is 2.40. The van der Waals surface area contributed by atoms with Crippen LogP contribution in [0.25, 0.3) is 0 Å². The van der Waals surface area contributed by atoms with Crippen molar-refractivity contribution in [2.75, 3.05) is 12.1 Å². The zero-order valence-corrected chi connectivity index (χ0v) is 13.2. The Bertz CT molecular complexity index is 793. The van der Waals surface area contributed by atoms with Crippen molar-refractivity contribution in [1.82, 2.24) is 5.32 Å². The number of hydrogen-bond donors (Lipinski definition) is 2. The Morgan fingerprint density at radius 1 is 1.12 bits per heavy atom. The van der Waals surface area contributed by atoms with E-state index in [9.17, 15) is 18.0 Å². The standard InChI is InChI=1S/C17H15F3N2O3/c1-10(11-5-6-14-15(7-11)25-9-24-14)21-16(23)22-13-4-2-3-12(8-13)17(18,19)20/h2-8,10H,9H2,1H3,(H2,21,22,23)/t10-/m1/s1. The van der Waals surface area contributed by atoms with Gasteiger partial charge in [0.1, 0.15) is 0 Å². The van der Waals surface area contributed by atoms with Crippen molar-refractivity contribution in [3.8, 4) is 11.5 Å². The molecule has 0 saturated carbocycles. The number of fused-ring (bicyclic) bond motifs is 1. The Labute approximate surface area is 141 Å². The molecular formula is C17H15F3N2O3. The summed E-state index contributed by atoms with van der Waals surface area (Å²) in [5.74, 6) is 1.22. The summed E-state index contributed by atoms with van der Waals surface area (Å²) < 4.78 is 48.6. The summed E-state index contributed by atoms with van der Waals surface area (Å²) >= 11 is 0. The molecule has 1 atom stereocenters. The molecule has 0 bridgehead atoms. The number of anilines is 1. The number of amides is 2. The third-order valence-corrected chi connectivity index (χ3v) is 3.69. The van der Waals surface area contributed by atoms with Crippen molar-refractivity contribution < 1.29 is 27.4 Å². The first-order valence-electron chi connectivity index (χ1n) is 7.47. The highest BCUT2D eigenvalue weighted by Gasteiger charge is 2.30. The lowest BCUT2D eigenvalue weighted by Gasteiger charge is -2.16. The molecule has 2 amide bonds. The minimum atomic E-state index is -4.46. The summed E-state index contributed by atoms with van der Waals surface area (Å²) in [6, 6.07) is 8.73. The first-order valence-corrected chi connectivity index (χ1v) is 7.47. The highest BCUT2D eigenvalue weighted by molar-refractivity contribution is 5.89. The van der Waals surface area contributed by atoms with Crippen molar-refractivity contribution in [1.29, 1.82) is 0 Å². The third kappa shape index (κ3) is 3.96. The molecule has 1 aliphatic heterocycles. The molecule has 25 heavy (non-hydrogen) atoms. The van der Waals surface area contributed by atoms with Crippen LogP contribution in [0, 0.1) is 0 Å². The molecule has 2 aromatic rings. The van der Waals surface area contributed by atoms with Crippen LogP contribution in [0.1, 0.15) is 24.1 Å². The lowest BCUT2D eigenvalue weighted by atomic mass is 10.1. The second-order valence-corrected chi connectivity index (χ2v) is 5.51. The fraction of sp³-hybridized carbons (Fsp3) is 0.235. The molecule has 8 heteroatoms. The van der Waals surface area contributed by atoms with Crippen LogP contribution in [0.3, 0.4) is 0 Å². The molecule has 0 fully saturated rings. The van der Waals surface area contributed by atoms with Gasteiger partial charge in [0.2, 0.25) is 6.79 Å². The maximum Gasteiger partial charge on any atom is 0.416 e. The minimum Gasteiger partial charge on any atom is -0.454 e. The van der Waals surface area contributed by atoms with Crippen LogP contribution in [0.15, 0.2) is 42.5 Å². The molecule has 1 heterocycles. The first kappa shape index (κ1) is 16.9. The normalized spacial score (nSPS) is 14.1. The average molecular weight is 352 g/mol. The van der Waals surface area contributed by atoms with Gasteiger partial charge in [-0.25, -0.2) is 4.79 Å². The second-order valence-electron chi connectivity index (χ2n) is 5.51. The maximum atomic E-state index is 12.7. The summed E-state index contributed by atoms with van der Waals surface area (Å²) in [4.78, 5) is 12.0. The van der Waals surface area contributed by atoms with Gasteiger partial charge in [-0.05, 0) is 42.8 Å². The molecular weight excluding hydrogens is 337 g/mol.